The van der Waals surface area contributed by atoms with Crippen LogP contribution in [0.25, 0.3) is 0 Å². The van der Waals surface area contributed by atoms with Gasteiger partial charge < -0.3 is 20.4 Å². The number of hydrogen-bond donors (Lipinski definition) is 2. The first-order chi connectivity index (χ1) is 12.6. The first-order valence-electron chi connectivity index (χ1n) is 9.64. The first kappa shape index (κ1) is 20.0. The van der Waals surface area contributed by atoms with E-state index in [9.17, 15) is 9.59 Å². The Kier molecular flexibility index (Phi) is 7.69. The molecule has 0 radical (unpaired) electrons. The van der Waals surface area contributed by atoms with Crippen LogP contribution in [0.1, 0.15) is 40.0 Å². The molecule has 1 saturated heterocycles. The van der Waals surface area contributed by atoms with Gasteiger partial charge in [-0.3, -0.25) is 4.79 Å². The van der Waals surface area contributed by atoms with Crippen molar-refractivity contribution in [3.8, 4) is 0 Å². The summed E-state index contributed by atoms with van der Waals surface area (Å²) in [5.74, 6) is 1.11. The molecule has 0 aliphatic carbocycles. The number of carbonyl (C=O) groups excluding carboxylic acids is 2. The predicted octanol–water partition coefficient (Wildman–Crippen LogP) is 2.70. The Balaban J connectivity index is 1.99. The second-order valence-corrected chi connectivity index (χ2v) is 6.53. The highest BCUT2D eigenvalue weighted by atomic mass is 16.2. The van der Waals surface area contributed by atoms with Gasteiger partial charge in [0.25, 0.3) is 0 Å². The van der Waals surface area contributed by atoms with Crippen LogP contribution in [0.5, 0.6) is 0 Å². The Morgan fingerprint density at radius 1 is 1.23 bits per heavy atom. The molecule has 0 saturated carbocycles. The minimum Gasteiger partial charge on any atom is -0.355 e. The molecule has 3 amide bonds. The van der Waals surface area contributed by atoms with Gasteiger partial charge in [0.2, 0.25) is 5.91 Å². The molecule has 0 atom stereocenters. The number of piperidine rings is 1. The second kappa shape index (κ2) is 9.99. The van der Waals surface area contributed by atoms with Crippen molar-refractivity contribution in [3.05, 3.63) is 18.3 Å². The van der Waals surface area contributed by atoms with E-state index in [0.29, 0.717) is 12.2 Å². The van der Waals surface area contributed by atoms with Gasteiger partial charge in [-0.05, 0) is 45.2 Å². The maximum absolute atomic E-state index is 12.5. The van der Waals surface area contributed by atoms with E-state index in [1.807, 2.05) is 37.8 Å². The fraction of sp³-hybridized carbons (Fsp3) is 0.632. The van der Waals surface area contributed by atoms with Gasteiger partial charge in [0.1, 0.15) is 0 Å². The maximum atomic E-state index is 12.5. The van der Waals surface area contributed by atoms with E-state index < -0.39 is 0 Å². The molecule has 2 rings (SSSR count). The molecule has 0 bridgehead atoms. The standard InChI is InChI=1S/C19H31N5O2/c1-4-11-21-19(26)22-16-8-7-12-20-17(16)24-13-9-15(10-14-24)18(25)23(5-2)6-3/h7-8,12,15H,4-6,9-11,13-14H2,1-3H3,(H2,21,22,26). The number of amides is 3. The number of urea groups is 1. The third-order valence-corrected chi connectivity index (χ3v) is 4.79. The van der Waals surface area contributed by atoms with E-state index in [1.54, 1.807) is 6.20 Å². The number of hydrogen-bond acceptors (Lipinski definition) is 4. The van der Waals surface area contributed by atoms with Gasteiger partial charge in [0, 0.05) is 44.8 Å². The monoisotopic (exact) mass is 361 g/mol. The van der Waals surface area contributed by atoms with Crippen molar-refractivity contribution in [2.24, 2.45) is 5.92 Å². The molecule has 0 aromatic carbocycles. The van der Waals surface area contributed by atoms with Crippen molar-refractivity contribution in [1.82, 2.24) is 15.2 Å². The molecule has 7 nitrogen and oxygen atoms in total. The summed E-state index contributed by atoms with van der Waals surface area (Å²) in [6.07, 6.45) is 4.25. The van der Waals surface area contributed by atoms with Crippen LogP contribution >= 0.6 is 0 Å². The van der Waals surface area contributed by atoms with Crippen LogP contribution in [-0.4, -0.2) is 54.5 Å². The fourth-order valence-corrected chi connectivity index (χ4v) is 3.28. The van der Waals surface area contributed by atoms with Crippen LogP contribution in [0, 0.1) is 5.92 Å². The van der Waals surface area contributed by atoms with Gasteiger partial charge in [-0.15, -0.1) is 0 Å². The van der Waals surface area contributed by atoms with Gasteiger partial charge in [0.05, 0.1) is 5.69 Å². The normalized spacial score (nSPS) is 14.8. The lowest BCUT2D eigenvalue weighted by Crippen LogP contribution is -2.43. The Labute approximate surface area is 156 Å². The molecule has 0 spiro atoms. The van der Waals surface area contributed by atoms with E-state index in [1.165, 1.54) is 0 Å². The minimum absolute atomic E-state index is 0.0825. The number of anilines is 2. The van der Waals surface area contributed by atoms with Crippen molar-refractivity contribution in [1.29, 1.82) is 0 Å². The quantitative estimate of drug-likeness (QED) is 0.783. The average Bonchev–Trinajstić information content (AvgIpc) is 2.68. The van der Waals surface area contributed by atoms with E-state index >= 15 is 0 Å². The molecule has 144 valence electrons. The van der Waals surface area contributed by atoms with Crippen LogP contribution in [0.4, 0.5) is 16.3 Å². The molecule has 1 aromatic heterocycles. The SMILES string of the molecule is CCCNC(=O)Nc1cccnc1N1CCC(C(=O)N(CC)CC)CC1. The summed E-state index contributed by atoms with van der Waals surface area (Å²) in [4.78, 5) is 33.0. The largest absolute Gasteiger partial charge is 0.355 e. The zero-order valence-electron chi connectivity index (χ0n) is 16.1. The van der Waals surface area contributed by atoms with Crippen molar-refractivity contribution in [3.63, 3.8) is 0 Å². The van der Waals surface area contributed by atoms with Gasteiger partial charge in [-0.25, -0.2) is 9.78 Å². The highest BCUT2D eigenvalue weighted by Gasteiger charge is 2.28. The molecule has 0 unspecified atom stereocenters. The van der Waals surface area contributed by atoms with Gasteiger partial charge >= 0.3 is 6.03 Å². The summed E-state index contributed by atoms with van der Waals surface area (Å²) in [5.41, 5.74) is 0.703. The Bertz CT molecular complexity index is 595. The zero-order valence-corrected chi connectivity index (χ0v) is 16.1. The second-order valence-electron chi connectivity index (χ2n) is 6.53. The Morgan fingerprint density at radius 3 is 2.54 bits per heavy atom. The van der Waals surface area contributed by atoms with Crippen molar-refractivity contribution >= 4 is 23.4 Å². The van der Waals surface area contributed by atoms with Crippen LogP contribution < -0.4 is 15.5 Å². The van der Waals surface area contributed by atoms with Crippen LogP contribution in [0.3, 0.4) is 0 Å². The van der Waals surface area contributed by atoms with E-state index in [2.05, 4.69) is 20.5 Å². The molecule has 2 N–H and O–H groups in total. The molecular weight excluding hydrogens is 330 g/mol. The predicted molar refractivity (Wildman–Crippen MR) is 104 cm³/mol. The summed E-state index contributed by atoms with van der Waals surface area (Å²) >= 11 is 0. The smallest absolute Gasteiger partial charge is 0.319 e. The topological polar surface area (TPSA) is 77.6 Å². The maximum Gasteiger partial charge on any atom is 0.319 e. The Hall–Kier alpha value is -2.31. The lowest BCUT2D eigenvalue weighted by atomic mass is 9.95. The van der Waals surface area contributed by atoms with Gasteiger partial charge in [-0.2, -0.15) is 0 Å². The first-order valence-corrected chi connectivity index (χ1v) is 9.64. The zero-order chi connectivity index (χ0) is 18.9. The summed E-state index contributed by atoms with van der Waals surface area (Å²) < 4.78 is 0. The number of nitrogens with zero attached hydrogens (tertiary/aromatic N) is 3. The van der Waals surface area contributed by atoms with Gasteiger partial charge in [-0.1, -0.05) is 6.92 Å². The molecule has 2 heterocycles. The molecule has 7 heteroatoms. The molecule has 1 aromatic rings. The summed E-state index contributed by atoms with van der Waals surface area (Å²) in [5, 5.41) is 5.70. The molecule has 1 fully saturated rings. The van der Waals surface area contributed by atoms with E-state index in [0.717, 1.165) is 51.3 Å². The molecule has 1 aliphatic rings. The fourth-order valence-electron chi connectivity index (χ4n) is 3.28. The molecule has 26 heavy (non-hydrogen) atoms. The lowest BCUT2D eigenvalue weighted by Gasteiger charge is -2.35. The van der Waals surface area contributed by atoms with Crippen molar-refractivity contribution in [2.75, 3.05) is 42.9 Å². The summed E-state index contributed by atoms with van der Waals surface area (Å²) in [7, 11) is 0. The van der Waals surface area contributed by atoms with Crippen LogP contribution in [0.2, 0.25) is 0 Å². The van der Waals surface area contributed by atoms with Crippen molar-refractivity contribution in [2.45, 2.75) is 40.0 Å². The van der Waals surface area contributed by atoms with Gasteiger partial charge in [0.15, 0.2) is 5.82 Å². The highest BCUT2D eigenvalue weighted by Crippen LogP contribution is 2.28. The number of pyridine rings is 1. The molecule has 1 aliphatic heterocycles. The van der Waals surface area contributed by atoms with Crippen LogP contribution in [0.15, 0.2) is 18.3 Å². The van der Waals surface area contributed by atoms with Crippen molar-refractivity contribution < 1.29 is 9.59 Å². The van der Waals surface area contributed by atoms with E-state index in [4.69, 9.17) is 0 Å². The third-order valence-electron chi connectivity index (χ3n) is 4.79. The highest BCUT2D eigenvalue weighted by molar-refractivity contribution is 5.92. The number of aromatic nitrogens is 1. The molecular formula is C19H31N5O2. The number of nitrogens with one attached hydrogen (secondary N) is 2. The lowest BCUT2D eigenvalue weighted by molar-refractivity contribution is -0.135. The van der Waals surface area contributed by atoms with E-state index in [-0.39, 0.29) is 17.9 Å². The summed E-state index contributed by atoms with van der Waals surface area (Å²) in [6, 6.07) is 3.46. The van der Waals surface area contributed by atoms with Crippen LogP contribution in [-0.2, 0) is 4.79 Å². The minimum atomic E-state index is -0.215. The number of rotatable bonds is 7. The number of carbonyl (C=O) groups is 2. The third kappa shape index (κ3) is 5.09. The average molecular weight is 361 g/mol. The summed E-state index contributed by atoms with van der Waals surface area (Å²) in [6.45, 7) is 9.74. The Morgan fingerprint density at radius 2 is 1.92 bits per heavy atom.